The van der Waals surface area contributed by atoms with Crippen molar-refractivity contribution >= 4 is 28.2 Å². The summed E-state index contributed by atoms with van der Waals surface area (Å²) in [6, 6.07) is 5.04. The quantitative estimate of drug-likeness (QED) is 0.389. The molecule has 2 rings (SSSR count). The molecule has 122 valence electrons. The molecule has 2 aromatic rings. The minimum atomic E-state index is -2.15. The molecule has 1 heterocycles. The number of benzene rings is 1. The highest BCUT2D eigenvalue weighted by atomic mass is 16.2. The van der Waals surface area contributed by atoms with Crippen molar-refractivity contribution in [2.45, 2.75) is 38.1 Å². The summed E-state index contributed by atoms with van der Waals surface area (Å²) in [6.07, 6.45) is 5.76. The summed E-state index contributed by atoms with van der Waals surface area (Å²) in [7, 11) is 0. The number of nitrogens with two attached hydrogens (primary N) is 2. The average molecular weight is 315 g/mol. The Kier molecular flexibility index (Phi) is 4.95. The first kappa shape index (κ1) is 16.9. The number of aromatic nitrogens is 1. The summed E-state index contributed by atoms with van der Waals surface area (Å²) in [5, 5.41) is 1.38. The second-order valence-electron chi connectivity index (χ2n) is 5.65. The Balaban J connectivity index is 2.43. The fraction of sp³-hybridized carbons (Fsp3) is 0.353. The van der Waals surface area contributed by atoms with E-state index in [1.54, 1.807) is 24.5 Å². The fourth-order valence-electron chi connectivity index (χ4n) is 2.66. The number of ketones is 2. The Morgan fingerprint density at radius 2 is 1.91 bits per heavy atom. The molecule has 0 radical (unpaired) electrons. The van der Waals surface area contributed by atoms with E-state index < -0.39 is 23.0 Å². The van der Waals surface area contributed by atoms with Gasteiger partial charge in [-0.15, -0.1) is 0 Å². The van der Waals surface area contributed by atoms with Crippen molar-refractivity contribution in [3.63, 3.8) is 0 Å². The molecule has 0 saturated carbocycles. The Hall–Kier alpha value is -2.47. The normalized spacial score (nSPS) is 13.7. The van der Waals surface area contributed by atoms with Gasteiger partial charge >= 0.3 is 0 Å². The number of unbranched alkanes of at least 4 members (excludes halogenated alkanes) is 2. The van der Waals surface area contributed by atoms with Gasteiger partial charge in [0, 0.05) is 24.2 Å². The zero-order chi connectivity index (χ0) is 17.0. The second kappa shape index (κ2) is 6.75. The molecule has 1 amide bonds. The third-order valence-electron chi connectivity index (χ3n) is 4.04. The monoisotopic (exact) mass is 315 g/mol. The van der Waals surface area contributed by atoms with Crippen LogP contribution in [0.4, 0.5) is 0 Å². The molecule has 1 aromatic carbocycles. The van der Waals surface area contributed by atoms with E-state index in [1.165, 1.54) is 0 Å². The van der Waals surface area contributed by atoms with Crippen LogP contribution in [0.2, 0.25) is 0 Å². The van der Waals surface area contributed by atoms with Crippen LogP contribution in [0, 0.1) is 0 Å². The number of aromatic amines is 1. The van der Waals surface area contributed by atoms with Crippen molar-refractivity contribution in [2.75, 3.05) is 0 Å². The van der Waals surface area contributed by atoms with Crippen molar-refractivity contribution < 1.29 is 14.4 Å². The predicted molar refractivity (Wildman–Crippen MR) is 87.5 cm³/mol. The highest BCUT2D eigenvalue weighted by Gasteiger charge is 2.46. The number of Topliss-reactive ketones (excluding diaryl/α,β-unsaturated/α-hetero) is 2. The lowest BCUT2D eigenvalue weighted by molar-refractivity contribution is -0.144. The number of hydrogen-bond acceptors (Lipinski definition) is 4. The van der Waals surface area contributed by atoms with E-state index in [0.717, 1.165) is 18.2 Å². The van der Waals surface area contributed by atoms with E-state index in [2.05, 4.69) is 4.98 Å². The van der Waals surface area contributed by atoms with E-state index in [1.807, 2.05) is 13.0 Å². The van der Waals surface area contributed by atoms with Crippen LogP contribution in [0.15, 0.2) is 30.6 Å². The van der Waals surface area contributed by atoms with Gasteiger partial charge in [0.25, 0.3) is 0 Å². The van der Waals surface area contributed by atoms with Gasteiger partial charge in [0.1, 0.15) is 0 Å². The molecular formula is C17H21N3O3. The number of fused-ring (bicyclic) bond motifs is 1. The van der Waals surface area contributed by atoms with Gasteiger partial charge in [-0.25, -0.2) is 0 Å². The lowest BCUT2D eigenvalue weighted by atomic mass is 9.81. The van der Waals surface area contributed by atoms with Gasteiger partial charge in [0.15, 0.2) is 5.54 Å². The van der Waals surface area contributed by atoms with Gasteiger partial charge < -0.3 is 16.5 Å². The molecule has 5 N–H and O–H groups in total. The number of primary amides is 1. The van der Waals surface area contributed by atoms with Gasteiger partial charge in [0.2, 0.25) is 17.5 Å². The van der Waals surface area contributed by atoms with Gasteiger partial charge in [-0.3, -0.25) is 14.4 Å². The van der Waals surface area contributed by atoms with Crippen LogP contribution in [0.5, 0.6) is 0 Å². The summed E-state index contributed by atoms with van der Waals surface area (Å²) >= 11 is 0. The molecule has 1 unspecified atom stereocenters. The van der Waals surface area contributed by atoms with E-state index in [0.29, 0.717) is 11.8 Å². The standard InChI is InChI=1S/C17H21N3O3/c1-2-3-4-8-14(21)15(22)17(19,16(18)23)13-7-5-6-11-9-20-10-12(11)13/h5-7,9-10,20H,2-4,8,19H2,1H3,(H2,18,23). The first-order valence-corrected chi connectivity index (χ1v) is 7.65. The van der Waals surface area contributed by atoms with Crippen LogP contribution in [-0.2, 0) is 19.9 Å². The van der Waals surface area contributed by atoms with E-state index in [-0.39, 0.29) is 12.0 Å². The smallest absolute Gasteiger partial charge is 0.250 e. The Bertz CT molecular complexity index is 750. The molecular weight excluding hydrogens is 294 g/mol. The molecule has 0 spiro atoms. The molecule has 6 heteroatoms. The van der Waals surface area contributed by atoms with Crippen molar-refractivity contribution in [3.8, 4) is 0 Å². The topological polar surface area (TPSA) is 119 Å². The highest BCUT2D eigenvalue weighted by molar-refractivity contribution is 6.45. The van der Waals surface area contributed by atoms with Gasteiger partial charge in [-0.2, -0.15) is 0 Å². The number of nitrogens with one attached hydrogen (secondary N) is 1. The number of H-pyrrole nitrogens is 1. The molecule has 0 saturated heterocycles. The van der Waals surface area contributed by atoms with Crippen LogP contribution in [0.3, 0.4) is 0 Å². The van der Waals surface area contributed by atoms with Crippen LogP contribution in [0.25, 0.3) is 10.8 Å². The minimum Gasteiger partial charge on any atom is -0.367 e. The Morgan fingerprint density at radius 1 is 1.17 bits per heavy atom. The number of amides is 1. The van der Waals surface area contributed by atoms with Crippen molar-refractivity contribution in [1.82, 2.24) is 4.98 Å². The molecule has 1 aromatic heterocycles. The summed E-state index contributed by atoms with van der Waals surface area (Å²) in [4.78, 5) is 39.6. The molecule has 0 aliphatic rings. The Labute approximate surface area is 134 Å². The maximum absolute atomic E-state index is 12.6. The molecule has 1 atom stereocenters. The zero-order valence-corrected chi connectivity index (χ0v) is 13.1. The summed E-state index contributed by atoms with van der Waals surface area (Å²) in [5.74, 6) is -2.64. The third-order valence-corrected chi connectivity index (χ3v) is 4.04. The molecule has 23 heavy (non-hydrogen) atoms. The lowest BCUT2D eigenvalue weighted by Crippen LogP contribution is -2.57. The molecule has 0 fully saturated rings. The van der Waals surface area contributed by atoms with E-state index in [9.17, 15) is 14.4 Å². The van der Waals surface area contributed by atoms with Crippen LogP contribution < -0.4 is 11.5 Å². The first-order chi connectivity index (χ1) is 10.9. The molecule has 0 aliphatic carbocycles. The fourth-order valence-corrected chi connectivity index (χ4v) is 2.66. The Morgan fingerprint density at radius 3 is 2.57 bits per heavy atom. The number of hydrogen-bond donors (Lipinski definition) is 3. The maximum atomic E-state index is 12.6. The average Bonchev–Trinajstić information content (AvgIpc) is 3.01. The van der Waals surface area contributed by atoms with Gasteiger partial charge in [0.05, 0.1) is 0 Å². The number of carbonyl (C=O) groups excluding carboxylic acids is 3. The summed E-state index contributed by atoms with van der Waals surface area (Å²) in [6.45, 7) is 2.00. The molecule has 6 nitrogen and oxygen atoms in total. The van der Waals surface area contributed by atoms with Gasteiger partial charge in [-0.1, -0.05) is 38.0 Å². The van der Waals surface area contributed by atoms with Gasteiger partial charge in [-0.05, 0) is 17.4 Å². The molecule has 0 bridgehead atoms. The maximum Gasteiger partial charge on any atom is 0.250 e. The number of carbonyl (C=O) groups is 3. The third kappa shape index (κ3) is 3.03. The predicted octanol–water partition coefficient (Wildman–Crippen LogP) is 1.53. The van der Waals surface area contributed by atoms with Crippen LogP contribution in [-0.4, -0.2) is 22.5 Å². The highest BCUT2D eigenvalue weighted by Crippen LogP contribution is 2.28. The van der Waals surface area contributed by atoms with E-state index in [4.69, 9.17) is 11.5 Å². The van der Waals surface area contributed by atoms with E-state index >= 15 is 0 Å². The van der Waals surface area contributed by atoms with Crippen LogP contribution >= 0.6 is 0 Å². The summed E-state index contributed by atoms with van der Waals surface area (Å²) < 4.78 is 0. The number of rotatable bonds is 8. The molecule has 0 aliphatic heterocycles. The lowest BCUT2D eigenvalue weighted by Gasteiger charge is -2.25. The largest absolute Gasteiger partial charge is 0.367 e. The van der Waals surface area contributed by atoms with Crippen molar-refractivity contribution in [2.24, 2.45) is 11.5 Å². The van der Waals surface area contributed by atoms with Crippen LogP contribution in [0.1, 0.15) is 38.2 Å². The summed E-state index contributed by atoms with van der Waals surface area (Å²) in [5.41, 5.74) is 9.59. The van der Waals surface area contributed by atoms with Crippen molar-refractivity contribution in [1.29, 1.82) is 0 Å². The minimum absolute atomic E-state index is 0.0714. The second-order valence-corrected chi connectivity index (χ2v) is 5.65. The SMILES string of the molecule is CCCCCC(=O)C(=O)C(N)(C(N)=O)c1cccc2c[nH]cc12. The zero-order valence-electron chi connectivity index (χ0n) is 13.1. The van der Waals surface area contributed by atoms with Crippen molar-refractivity contribution in [3.05, 3.63) is 36.2 Å². The first-order valence-electron chi connectivity index (χ1n) is 7.65.